The van der Waals surface area contributed by atoms with Gasteiger partial charge in [0.05, 0.1) is 6.61 Å². The molecule has 1 unspecified atom stereocenters. The van der Waals surface area contributed by atoms with Gasteiger partial charge in [0.2, 0.25) is 0 Å². The third kappa shape index (κ3) is 4.46. The van der Waals surface area contributed by atoms with Gasteiger partial charge in [-0.3, -0.25) is 9.80 Å². The molecule has 2 rings (SSSR count). The predicted octanol–water partition coefficient (Wildman–Crippen LogP) is 3.52. The van der Waals surface area contributed by atoms with E-state index < -0.39 is 0 Å². The van der Waals surface area contributed by atoms with E-state index in [2.05, 4.69) is 11.8 Å². The Kier molecular flexibility index (Phi) is 6.05. The van der Waals surface area contributed by atoms with E-state index in [9.17, 15) is 4.79 Å². The average molecular weight is 290 g/mol. The van der Waals surface area contributed by atoms with Crippen LogP contribution in [0.3, 0.4) is 0 Å². The Morgan fingerprint density at radius 2 is 1.90 bits per heavy atom. The molecule has 1 atom stereocenters. The molecular formula is C17H26N2O2. The lowest BCUT2D eigenvalue weighted by atomic mass is 10.1. The number of anilines is 1. The summed E-state index contributed by atoms with van der Waals surface area (Å²) in [6, 6.07) is 10.1. The van der Waals surface area contributed by atoms with Crippen LogP contribution in [0.1, 0.15) is 33.1 Å². The van der Waals surface area contributed by atoms with Gasteiger partial charge >= 0.3 is 6.09 Å². The van der Waals surface area contributed by atoms with Gasteiger partial charge in [0.15, 0.2) is 0 Å². The van der Waals surface area contributed by atoms with E-state index in [4.69, 9.17) is 4.74 Å². The zero-order chi connectivity index (χ0) is 15.1. The second-order valence-corrected chi connectivity index (χ2v) is 5.59. The standard InChI is InChI=1S/C17H26N2O2/c1-3-21-17(20)19(16-10-6-4-7-11-16)14-15(2)18-12-8-5-9-13-18/h4,6-7,10-11,15H,3,5,8-9,12-14H2,1-2H3. The van der Waals surface area contributed by atoms with Crippen molar-refractivity contribution in [2.24, 2.45) is 0 Å². The summed E-state index contributed by atoms with van der Waals surface area (Å²) in [5.74, 6) is 0. The van der Waals surface area contributed by atoms with Crippen LogP contribution in [0.25, 0.3) is 0 Å². The molecule has 1 aliphatic rings. The predicted molar refractivity (Wildman–Crippen MR) is 85.7 cm³/mol. The number of hydrogen-bond donors (Lipinski definition) is 0. The van der Waals surface area contributed by atoms with Crippen LogP contribution in [0.5, 0.6) is 0 Å². The minimum Gasteiger partial charge on any atom is -0.449 e. The fourth-order valence-corrected chi connectivity index (χ4v) is 2.83. The lowest BCUT2D eigenvalue weighted by Crippen LogP contribution is -2.46. The first kappa shape index (κ1) is 15.8. The lowest BCUT2D eigenvalue weighted by Gasteiger charge is -2.35. The van der Waals surface area contributed by atoms with Crippen molar-refractivity contribution in [3.05, 3.63) is 30.3 Å². The van der Waals surface area contributed by atoms with E-state index in [1.54, 1.807) is 4.90 Å². The van der Waals surface area contributed by atoms with Crippen molar-refractivity contribution in [3.63, 3.8) is 0 Å². The molecular weight excluding hydrogens is 264 g/mol. The van der Waals surface area contributed by atoms with Gasteiger partial charge in [0.25, 0.3) is 0 Å². The van der Waals surface area contributed by atoms with Crippen molar-refractivity contribution < 1.29 is 9.53 Å². The molecule has 1 aliphatic heterocycles. The second kappa shape index (κ2) is 8.03. The Morgan fingerprint density at radius 3 is 2.52 bits per heavy atom. The number of piperidine rings is 1. The molecule has 1 heterocycles. The molecule has 116 valence electrons. The number of likely N-dealkylation sites (tertiary alicyclic amines) is 1. The van der Waals surface area contributed by atoms with E-state index in [0.29, 0.717) is 19.2 Å². The molecule has 1 aromatic rings. The number of ether oxygens (including phenoxy) is 1. The topological polar surface area (TPSA) is 32.8 Å². The van der Waals surface area contributed by atoms with Crippen molar-refractivity contribution in [3.8, 4) is 0 Å². The fraction of sp³-hybridized carbons (Fsp3) is 0.588. The average Bonchev–Trinajstić information content (AvgIpc) is 2.54. The minimum atomic E-state index is -0.257. The van der Waals surface area contributed by atoms with E-state index in [1.807, 2.05) is 37.3 Å². The quantitative estimate of drug-likeness (QED) is 0.831. The number of carbonyl (C=O) groups excluding carboxylic acids is 1. The normalized spacial score (nSPS) is 17.2. The summed E-state index contributed by atoms with van der Waals surface area (Å²) in [7, 11) is 0. The summed E-state index contributed by atoms with van der Waals surface area (Å²) in [5, 5.41) is 0. The Morgan fingerprint density at radius 1 is 1.24 bits per heavy atom. The third-order valence-electron chi connectivity index (χ3n) is 4.02. The monoisotopic (exact) mass is 290 g/mol. The highest BCUT2D eigenvalue weighted by atomic mass is 16.6. The highest BCUT2D eigenvalue weighted by molar-refractivity contribution is 5.87. The number of para-hydroxylation sites is 1. The number of rotatable bonds is 5. The molecule has 1 amide bonds. The Hall–Kier alpha value is -1.55. The molecule has 0 saturated carbocycles. The van der Waals surface area contributed by atoms with Gasteiger partial charge in [0, 0.05) is 18.3 Å². The van der Waals surface area contributed by atoms with Crippen molar-refractivity contribution in [2.75, 3.05) is 31.1 Å². The Bertz CT molecular complexity index is 430. The summed E-state index contributed by atoms with van der Waals surface area (Å²) >= 11 is 0. The zero-order valence-electron chi connectivity index (χ0n) is 13.1. The van der Waals surface area contributed by atoms with Gasteiger partial charge in [-0.25, -0.2) is 4.79 Å². The lowest BCUT2D eigenvalue weighted by molar-refractivity contribution is 0.149. The molecule has 0 N–H and O–H groups in total. The summed E-state index contributed by atoms with van der Waals surface area (Å²) in [6.07, 6.45) is 3.58. The van der Waals surface area contributed by atoms with Crippen molar-refractivity contribution in [1.82, 2.24) is 4.90 Å². The molecule has 4 heteroatoms. The van der Waals surface area contributed by atoms with Crippen molar-refractivity contribution in [1.29, 1.82) is 0 Å². The largest absolute Gasteiger partial charge is 0.449 e. The molecule has 21 heavy (non-hydrogen) atoms. The molecule has 1 saturated heterocycles. The maximum atomic E-state index is 12.2. The second-order valence-electron chi connectivity index (χ2n) is 5.59. The molecule has 0 aliphatic carbocycles. The third-order valence-corrected chi connectivity index (χ3v) is 4.02. The van der Waals surface area contributed by atoms with Gasteiger partial charge in [0.1, 0.15) is 0 Å². The summed E-state index contributed by atoms with van der Waals surface area (Å²) in [6.45, 7) is 7.37. The molecule has 1 fully saturated rings. The maximum Gasteiger partial charge on any atom is 0.414 e. The molecule has 0 bridgehead atoms. The van der Waals surface area contributed by atoms with Crippen molar-refractivity contribution >= 4 is 11.8 Å². The van der Waals surface area contributed by atoms with E-state index in [0.717, 1.165) is 18.8 Å². The smallest absolute Gasteiger partial charge is 0.414 e. The Balaban J connectivity index is 2.06. The molecule has 0 aromatic heterocycles. The van der Waals surface area contributed by atoms with Crippen LogP contribution in [0.4, 0.5) is 10.5 Å². The number of carbonyl (C=O) groups is 1. The summed E-state index contributed by atoms with van der Waals surface area (Å²) < 4.78 is 5.22. The number of nitrogens with zero attached hydrogens (tertiary/aromatic N) is 2. The van der Waals surface area contributed by atoms with E-state index in [-0.39, 0.29) is 6.09 Å². The van der Waals surface area contributed by atoms with Crippen LogP contribution in [0.2, 0.25) is 0 Å². The summed E-state index contributed by atoms with van der Waals surface area (Å²) in [5.41, 5.74) is 0.903. The minimum absolute atomic E-state index is 0.257. The Labute approximate surface area is 127 Å². The first-order valence-corrected chi connectivity index (χ1v) is 7.95. The van der Waals surface area contributed by atoms with Crippen LogP contribution in [0, 0.1) is 0 Å². The molecule has 0 spiro atoms. The van der Waals surface area contributed by atoms with Crippen LogP contribution < -0.4 is 4.90 Å². The number of amides is 1. The first-order chi connectivity index (χ1) is 10.2. The van der Waals surface area contributed by atoms with Crippen LogP contribution in [-0.2, 0) is 4.74 Å². The molecule has 0 radical (unpaired) electrons. The maximum absolute atomic E-state index is 12.2. The summed E-state index contributed by atoms with van der Waals surface area (Å²) in [4.78, 5) is 16.5. The molecule has 4 nitrogen and oxygen atoms in total. The van der Waals surface area contributed by atoms with Gasteiger partial charge in [-0.05, 0) is 51.9 Å². The fourth-order valence-electron chi connectivity index (χ4n) is 2.83. The highest BCUT2D eigenvalue weighted by Crippen LogP contribution is 2.18. The van der Waals surface area contributed by atoms with Crippen LogP contribution in [0.15, 0.2) is 30.3 Å². The SMILES string of the molecule is CCOC(=O)N(CC(C)N1CCCCC1)c1ccccc1. The highest BCUT2D eigenvalue weighted by Gasteiger charge is 2.23. The van der Waals surface area contributed by atoms with Gasteiger partial charge in [-0.15, -0.1) is 0 Å². The zero-order valence-corrected chi connectivity index (χ0v) is 13.1. The number of benzene rings is 1. The van der Waals surface area contributed by atoms with Gasteiger partial charge in [-0.1, -0.05) is 24.6 Å². The van der Waals surface area contributed by atoms with Crippen LogP contribution in [-0.4, -0.2) is 43.3 Å². The van der Waals surface area contributed by atoms with E-state index in [1.165, 1.54) is 19.3 Å². The van der Waals surface area contributed by atoms with Crippen LogP contribution >= 0.6 is 0 Å². The number of hydrogen-bond acceptors (Lipinski definition) is 3. The van der Waals surface area contributed by atoms with Crippen molar-refractivity contribution in [2.45, 2.75) is 39.2 Å². The van der Waals surface area contributed by atoms with Gasteiger partial charge in [-0.2, -0.15) is 0 Å². The molecule has 1 aromatic carbocycles. The first-order valence-electron chi connectivity index (χ1n) is 7.95. The van der Waals surface area contributed by atoms with E-state index >= 15 is 0 Å². The van der Waals surface area contributed by atoms with Gasteiger partial charge < -0.3 is 4.74 Å².